The molecule has 1 aromatic heterocycles. The van der Waals surface area contributed by atoms with Gasteiger partial charge in [-0.05, 0) is 23.8 Å². The van der Waals surface area contributed by atoms with Crippen LogP contribution in [0.5, 0.6) is 11.5 Å². The highest BCUT2D eigenvalue weighted by Crippen LogP contribution is 2.39. The summed E-state index contributed by atoms with van der Waals surface area (Å²) < 4.78 is 34.7. The number of nitrogens with one attached hydrogen (secondary N) is 2. The van der Waals surface area contributed by atoms with E-state index in [0.29, 0.717) is 12.3 Å². The van der Waals surface area contributed by atoms with Crippen LogP contribution in [-0.2, 0) is 21.2 Å². The Bertz CT molecular complexity index is 869. The lowest BCUT2D eigenvalue weighted by Crippen LogP contribution is -2.29. The molecule has 0 aliphatic carbocycles. The van der Waals surface area contributed by atoms with Crippen molar-refractivity contribution in [2.45, 2.75) is 11.4 Å². The van der Waals surface area contributed by atoms with E-state index in [1.165, 1.54) is 20.3 Å². The van der Waals surface area contributed by atoms with Crippen LogP contribution in [0, 0.1) is 0 Å². The number of sulfone groups is 1. The summed E-state index contributed by atoms with van der Waals surface area (Å²) in [5.74, 6) is 0.0957. The first-order valence-electron chi connectivity index (χ1n) is 7.71. The smallest absolute Gasteiger partial charge is 0.239 e. The molecule has 0 fully saturated rings. The van der Waals surface area contributed by atoms with Crippen molar-refractivity contribution in [3.05, 3.63) is 42.2 Å². The molecule has 0 bridgehead atoms. The van der Waals surface area contributed by atoms with Gasteiger partial charge in [-0.2, -0.15) is 0 Å². The number of aromatic nitrogens is 1. The Balaban J connectivity index is 2.12. The molecule has 0 atom stereocenters. The third kappa shape index (κ3) is 4.85. The molecule has 1 aromatic carbocycles. The van der Waals surface area contributed by atoms with E-state index in [1.54, 1.807) is 24.5 Å². The summed E-state index contributed by atoms with van der Waals surface area (Å²) >= 11 is 0. The molecule has 2 aromatic rings. The number of carbonyl (C=O) groups is 1. The molecule has 26 heavy (non-hydrogen) atoms. The molecule has 0 aliphatic rings. The van der Waals surface area contributed by atoms with Crippen molar-refractivity contribution >= 4 is 21.4 Å². The van der Waals surface area contributed by atoms with E-state index in [4.69, 9.17) is 9.47 Å². The molecular weight excluding hydrogens is 358 g/mol. The molecule has 0 spiro atoms. The summed E-state index contributed by atoms with van der Waals surface area (Å²) in [6, 6.07) is 6.73. The molecule has 2 N–H and O–H groups in total. The van der Waals surface area contributed by atoms with E-state index in [-0.39, 0.29) is 28.8 Å². The second kappa shape index (κ2) is 8.52. The van der Waals surface area contributed by atoms with Gasteiger partial charge in [0, 0.05) is 25.2 Å². The molecule has 1 amide bonds. The quantitative estimate of drug-likeness (QED) is 0.710. The molecule has 1 heterocycles. The van der Waals surface area contributed by atoms with Crippen LogP contribution in [0.2, 0.25) is 0 Å². The van der Waals surface area contributed by atoms with Crippen LogP contribution in [0.15, 0.2) is 41.6 Å². The van der Waals surface area contributed by atoms with Crippen LogP contribution in [0.4, 0.5) is 5.69 Å². The fourth-order valence-electron chi connectivity index (χ4n) is 2.35. The number of anilines is 1. The predicted octanol–water partition coefficient (Wildman–Crippen LogP) is 1.23. The second-order valence-corrected chi connectivity index (χ2v) is 7.39. The normalized spacial score (nSPS) is 10.9. The van der Waals surface area contributed by atoms with Crippen molar-refractivity contribution in [2.24, 2.45) is 0 Å². The molecule has 8 nitrogen and oxygen atoms in total. The second-order valence-electron chi connectivity index (χ2n) is 5.44. The minimum Gasteiger partial charge on any atom is -0.493 e. The van der Waals surface area contributed by atoms with Gasteiger partial charge in [0.2, 0.25) is 5.91 Å². The van der Waals surface area contributed by atoms with Crippen molar-refractivity contribution in [3.63, 3.8) is 0 Å². The third-order valence-corrected chi connectivity index (χ3v) is 4.67. The Hall–Kier alpha value is -2.81. The van der Waals surface area contributed by atoms with E-state index in [0.717, 1.165) is 11.8 Å². The first kappa shape index (κ1) is 19.5. The molecule has 0 unspecified atom stereocenters. The Labute approximate surface area is 152 Å². The largest absolute Gasteiger partial charge is 0.493 e. The molecule has 0 radical (unpaired) electrons. The highest BCUT2D eigenvalue weighted by molar-refractivity contribution is 7.91. The zero-order chi connectivity index (χ0) is 19.2. The van der Waals surface area contributed by atoms with Gasteiger partial charge in [0.1, 0.15) is 4.90 Å². The minimum absolute atomic E-state index is 0.0561. The molecule has 0 saturated carbocycles. The van der Waals surface area contributed by atoms with Crippen LogP contribution < -0.4 is 20.1 Å². The summed E-state index contributed by atoms with van der Waals surface area (Å²) in [5.41, 5.74) is 1.13. The van der Waals surface area contributed by atoms with Gasteiger partial charge in [0.15, 0.2) is 21.3 Å². The number of carbonyl (C=O) groups excluding carboxylic acids is 1. The molecular formula is C17H21N3O5S. The van der Waals surface area contributed by atoms with Gasteiger partial charge in [-0.25, -0.2) is 8.42 Å². The lowest BCUT2D eigenvalue weighted by molar-refractivity contribution is -0.119. The van der Waals surface area contributed by atoms with Crippen LogP contribution in [0.3, 0.4) is 0 Å². The molecule has 0 saturated heterocycles. The van der Waals surface area contributed by atoms with Gasteiger partial charge in [-0.1, -0.05) is 6.07 Å². The summed E-state index contributed by atoms with van der Waals surface area (Å²) in [6.07, 6.45) is 4.37. The lowest BCUT2D eigenvalue weighted by Gasteiger charge is -2.16. The number of methoxy groups -OCH3 is 2. The maximum Gasteiger partial charge on any atom is 0.239 e. The van der Waals surface area contributed by atoms with Crippen LogP contribution in [0.25, 0.3) is 0 Å². The van der Waals surface area contributed by atoms with Gasteiger partial charge in [-0.15, -0.1) is 0 Å². The monoisotopic (exact) mass is 379 g/mol. The van der Waals surface area contributed by atoms with Crippen molar-refractivity contribution < 1.29 is 22.7 Å². The number of hydrogen-bond donors (Lipinski definition) is 2. The van der Waals surface area contributed by atoms with Gasteiger partial charge >= 0.3 is 0 Å². The molecule has 9 heteroatoms. The number of ether oxygens (including phenoxy) is 2. The maximum absolute atomic E-state index is 12.2. The lowest BCUT2D eigenvalue weighted by atomic mass is 10.2. The van der Waals surface area contributed by atoms with E-state index in [1.807, 2.05) is 6.07 Å². The van der Waals surface area contributed by atoms with Gasteiger partial charge in [-0.3, -0.25) is 9.78 Å². The van der Waals surface area contributed by atoms with E-state index in [9.17, 15) is 13.2 Å². The van der Waals surface area contributed by atoms with E-state index >= 15 is 0 Å². The summed E-state index contributed by atoms with van der Waals surface area (Å²) in [5, 5.41) is 5.57. The third-order valence-electron chi connectivity index (χ3n) is 3.52. The summed E-state index contributed by atoms with van der Waals surface area (Å²) in [6.45, 7) is 0.234. The Morgan fingerprint density at radius 2 is 1.96 bits per heavy atom. The fourth-order valence-corrected chi connectivity index (χ4v) is 3.41. The van der Waals surface area contributed by atoms with Crippen LogP contribution in [0.1, 0.15) is 5.56 Å². The Morgan fingerprint density at radius 1 is 1.19 bits per heavy atom. The fraction of sp³-hybridized carbons (Fsp3) is 0.294. The molecule has 2 rings (SSSR count). The van der Waals surface area contributed by atoms with Crippen molar-refractivity contribution in [1.29, 1.82) is 0 Å². The average Bonchev–Trinajstić information content (AvgIpc) is 2.63. The highest BCUT2D eigenvalue weighted by atomic mass is 32.2. The molecule has 0 aliphatic heterocycles. The number of amides is 1. The first-order chi connectivity index (χ1) is 12.4. The Kier molecular flexibility index (Phi) is 6.40. The standard InChI is InChI=1S/C17H21N3O5S/c1-24-14-7-6-13(17(16(14)25-2)26(3,22)23)19-11-15(21)20-10-12-5-4-8-18-9-12/h4-9,19H,10-11H2,1-3H3,(H,20,21). The number of pyridine rings is 1. The zero-order valence-electron chi connectivity index (χ0n) is 14.8. The average molecular weight is 379 g/mol. The van der Waals surface area contributed by atoms with Gasteiger partial charge < -0.3 is 20.1 Å². The SMILES string of the molecule is COc1ccc(NCC(=O)NCc2cccnc2)c(S(C)(=O)=O)c1OC. The van der Waals surface area contributed by atoms with Gasteiger partial charge in [0.25, 0.3) is 0 Å². The van der Waals surface area contributed by atoms with Crippen LogP contribution >= 0.6 is 0 Å². The first-order valence-corrected chi connectivity index (χ1v) is 9.60. The predicted molar refractivity (Wildman–Crippen MR) is 97.2 cm³/mol. The number of nitrogens with zero attached hydrogens (tertiary/aromatic N) is 1. The van der Waals surface area contributed by atoms with E-state index in [2.05, 4.69) is 15.6 Å². The highest BCUT2D eigenvalue weighted by Gasteiger charge is 2.23. The van der Waals surface area contributed by atoms with Gasteiger partial charge in [0.05, 0.1) is 26.5 Å². The zero-order valence-corrected chi connectivity index (χ0v) is 15.6. The van der Waals surface area contributed by atoms with E-state index < -0.39 is 9.84 Å². The van der Waals surface area contributed by atoms with Crippen LogP contribution in [-0.4, -0.2) is 46.3 Å². The number of rotatable bonds is 8. The molecule has 140 valence electrons. The van der Waals surface area contributed by atoms with Crippen molar-refractivity contribution in [1.82, 2.24) is 10.3 Å². The Morgan fingerprint density at radius 3 is 2.54 bits per heavy atom. The number of hydrogen-bond acceptors (Lipinski definition) is 7. The summed E-state index contributed by atoms with van der Waals surface area (Å²) in [4.78, 5) is 15.9. The maximum atomic E-state index is 12.2. The topological polar surface area (TPSA) is 107 Å². The van der Waals surface area contributed by atoms with Crippen molar-refractivity contribution in [2.75, 3.05) is 32.3 Å². The number of benzene rings is 1. The summed E-state index contributed by atoms with van der Waals surface area (Å²) in [7, 11) is -0.842. The minimum atomic E-state index is -3.62. The van der Waals surface area contributed by atoms with Crippen molar-refractivity contribution in [3.8, 4) is 11.5 Å².